The summed E-state index contributed by atoms with van der Waals surface area (Å²) in [4.78, 5) is 11.1. The van der Waals surface area contributed by atoms with E-state index in [2.05, 4.69) is 11.3 Å². The molecule has 0 saturated heterocycles. The Morgan fingerprint density at radius 2 is 2.06 bits per heavy atom. The van der Waals surface area contributed by atoms with Crippen molar-refractivity contribution in [3.63, 3.8) is 0 Å². The maximum Gasteiger partial charge on any atom is 0.322 e. The summed E-state index contributed by atoms with van der Waals surface area (Å²) < 4.78 is 4.55. The van der Waals surface area contributed by atoms with Crippen LogP contribution < -0.4 is 5.73 Å². The minimum absolute atomic E-state index is 0. The molecule has 0 aliphatic heterocycles. The van der Waals surface area contributed by atoms with E-state index in [1.54, 1.807) is 6.08 Å². The maximum atomic E-state index is 11.1. The molecule has 88 valence electrons. The van der Waals surface area contributed by atoms with Crippen LogP contribution in [0.5, 0.6) is 0 Å². The summed E-state index contributed by atoms with van der Waals surface area (Å²) in [5, 5.41) is 0. The van der Waals surface area contributed by atoms with E-state index in [1.807, 2.05) is 24.3 Å². The van der Waals surface area contributed by atoms with Gasteiger partial charge in [-0.3, -0.25) is 4.79 Å². The largest absolute Gasteiger partial charge is 0.468 e. The van der Waals surface area contributed by atoms with E-state index in [4.69, 9.17) is 5.73 Å². The molecular weight excluding hydrogens is 226 g/mol. The Morgan fingerprint density at radius 1 is 1.50 bits per heavy atom. The molecule has 1 rings (SSSR count). The zero-order valence-corrected chi connectivity index (χ0v) is 10.00. The molecule has 3 nitrogen and oxygen atoms in total. The van der Waals surface area contributed by atoms with Crippen LogP contribution in [0.1, 0.15) is 11.1 Å². The Bertz CT molecular complexity index is 349. The second-order valence-electron chi connectivity index (χ2n) is 3.28. The van der Waals surface area contributed by atoms with Crippen molar-refractivity contribution in [2.24, 2.45) is 5.73 Å². The molecule has 1 aromatic rings. The average Bonchev–Trinajstić information content (AvgIpc) is 2.29. The van der Waals surface area contributed by atoms with E-state index in [1.165, 1.54) is 7.11 Å². The van der Waals surface area contributed by atoms with Crippen LogP contribution in [-0.4, -0.2) is 19.1 Å². The summed E-state index contributed by atoms with van der Waals surface area (Å²) >= 11 is 0. The van der Waals surface area contributed by atoms with Crippen molar-refractivity contribution in [2.75, 3.05) is 7.11 Å². The molecular formula is C12H16ClNO2. The highest BCUT2D eigenvalue weighted by atomic mass is 35.5. The molecule has 0 aliphatic carbocycles. The van der Waals surface area contributed by atoms with Gasteiger partial charge in [0.2, 0.25) is 0 Å². The fraction of sp³-hybridized carbons (Fsp3) is 0.250. The highest BCUT2D eigenvalue weighted by molar-refractivity contribution is 5.85. The monoisotopic (exact) mass is 241 g/mol. The fourth-order valence-electron chi connectivity index (χ4n) is 1.28. The number of benzene rings is 1. The van der Waals surface area contributed by atoms with E-state index in [0.717, 1.165) is 11.1 Å². The van der Waals surface area contributed by atoms with Crippen LogP contribution in [0.4, 0.5) is 0 Å². The first kappa shape index (κ1) is 14.7. The second-order valence-corrected chi connectivity index (χ2v) is 3.28. The van der Waals surface area contributed by atoms with Crippen LogP contribution in [0, 0.1) is 0 Å². The van der Waals surface area contributed by atoms with Crippen molar-refractivity contribution < 1.29 is 9.53 Å². The van der Waals surface area contributed by atoms with Gasteiger partial charge in [-0.05, 0) is 17.5 Å². The molecule has 0 radical (unpaired) electrons. The van der Waals surface area contributed by atoms with Gasteiger partial charge in [0.05, 0.1) is 7.11 Å². The summed E-state index contributed by atoms with van der Waals surface area (Å²) in [5.41, 5.74) is 7.69. The van der Waals surface area contributed by atoms with Crippen LogP contribution in [0.15, 0.2) is 30.8 Å². The highest BCUT2D eigenvalue weighted by Crippen LogP contribution is 2.07. The molecule has 0 aliphatic rings. The van der Waals surface area contributed by atoms with Crippen molar-refractivity contribution in [2.45, 2.75) is 12.5 Å². The lowest BCUT2D eigenvalue weighted by atomic mass is 10.0. The Labute approximate surface area is 102 Å². The molecule has 0 aromatic heterocycles. The van der Waals surface area contributed by atoms with Gasteiger partial charge < -0.3 is 10.5 Å². The number of carbonyl (C=O) groups excluding carboxylic acids is 1. The molecule has 0 amide bonds. The summed E-state index contributed by atoms with van der Waals surface area (Å²) in [5.74, 6) is -0.386. The number of hydrogen-bond acceptors (Lipinski definition) is 3. The van der Waals surface area contributed by atoms with Gasteiger partial charge in [0, 0.05) is 0 Å². The molecule has 1 aromatic carbocycles. The van der Waals surface area contributed by atoms with E-state index < -0.39 is 6.04 Å². The number of carbonyl (C=O) groups is 1. The van der Waals surface area contributed by atoms with Crippen LogP contribution >= 0.6 is 12.4 Å². The van der Waals surface area contributed by atoms with Gasteiger partial charge in [-0.25, -0.2) is 0 Å². The van der Waals surface area contributed by atoms with Crippen LogP contribution in [-0.2, 0) is 16.0 Å². The van der Waals surface area contributed by atoms with E-state index in [-0.39, 0.29) is 18.4 Å². The topological polar surface area (TPSA) is 52.3 Å². The molecule has 0 bridgehead atoms. The smallest absolute Gasteiger partial charge is 0.322 e. The van der Waals surface area contributed by atoms with Crippen LogP contribution in [0.25, 0.3) is 6.08 Å². The van der Waals surface area contributed by atoms with Crippen molar-refractivity contribution in [1.82, 2.24) is 0 Å². The molecule has 0 fully saturated rings. The summed E-state index contributed by atoms with van der Waals surface area (Å²) in [6, 6.07) is 7.14. The maximum absolute atomic E-state index is 11.1. The van der Waals surface area contributed by atoms with Gasteiger partial charge in [0.1, 0.15) is 6.04 Å². The zero-order valence-electron chi connectivity index (χ0n) is 9.18. The van der Waals surface area contributed by atoms with E-state index in [0.29, 0.717) is 6.42 Å². The predicted molar refractivity (Wildman–Crippen MR) is 67.5 cm³/mol. The third kappa shape index (κ3) is 4.04. The normalized spacial score (nSPS) is 11.1. The third-order valence-corrected chi connectivity index (χ3v) is 2.17. The molecule has 0 heterocycles. The molecule has 0 unspecified atom stereocenters. The van der Waals surface area contributed by atoms with Gasteiger partial charge in [0.25, 0.3) is 0 Å². The van der Waals surface area contributed by atoms with Crippen molar-refractivity contribution >= 4 is 24.5 Å². The second kappa shape index (κ2) is 7.04. The Hall–Kier alpha value is -1.32. The molecule has 0 spiro atoms. The lowest BCUT2D eigenvalue weighted by molar-refractivity contribution is -0.142. The lowest BCUT2D eigenvalue weighted by Gasteiger charge is -2.08. The predicted octanol–water partition coefficient (Wildman–Crippen LogP) is 1.79. The number of hydrogen-bond donors (Lipinski definition) is 1. The Balaban J connectivity index is 0.00000225. The quantitative estimate of drug-likeness (QED) is 0.818. The molecule has 0 saturated carbocycles. The Morgan fingerprint density at radius 3 is 2.50 bits per heavy atom. The van der Waals surface area contributed by atoms with Gasteiger partial charge in [-0.1, -0.05) is 36.9 Å². The number of nitrogens with two attached hydrogens (primary N) is 1. The van der Waals surface area contributed by atoms with Crippen molar-refractivity contribution in [3.8, 4) is 0 Å². The van der Waals surface area contributed by atoms with Gasteiger partial charge >= 0.3 is 5.97 Å². The minimum Gasteiger partial charge on any atom is -0.468 e. The SMILES string of the molecule is C=Cc1ccc(C[C@H](N)C(=O)OC)cc1.Cl. The standard InChI is InChI=1S/C12H15NO2.ClH/c1-3-9-4-6-10(7-5-9)8-11(13)12(14)15-2;/h3-7,11H,1,8,13H2,2H3;1H/t11-;/m0./s1. The van der Waals surface area contributed by atoms with Gasteiger partial charge in [0.15, 0.2) is 0 Å². The molecule has 2 N–H and O–H groups in total. The first-order valence-electron chi connectivity index (χ1n) is 4.72. The number of ether oxygens (including phenoxy) is 1. The average molecular weight is 242 g/mol. The zero-order chi connectivity index (χ0) is 11.3. The highest BCUT2D eigenvalue weighted by Gasteiger charge is 2.13. The summed E-state index contributed by atoms with van der Waals surface area (Å²) in [7, 11) is 1.34. The Kier molecular flexibility index (Phi) is 6.46. The summed E-state index contributed by atoms with van der Waals surface area (Å²) in [6.45, 7) is 3.66. The number of methoxy groups -OCH3 is 1. The molecule has 1 atom stereocenters. The van der Waals surface area contributed by atoms with Crippen LogP contribution in [0.2, 0.25) is 0 Å². The lowest BCUT2D eigenvalue weighted by Crippen LogP contribution is -2.33. The van der Waals surface area contributed by atoms with E-state index in [9.17, 15) is 4.79 Å². The number of halogens is 1. The number of esters is 1. The summed E-state index contributed by atoms with van der Waals surface area (Å²) in [6.07, 6.45) is 2.26. The first-order chi connectivity index (χ1) is 7.17. The van der Waals surface area contributed by atoms with Gasteiger partial charge in [-0.2, -0.15) is 0 Å². The fourth-order valence-corrected chi connectivity index (χ4v) is 1.28. The van der Waals surface area contributed by atoms with E-state index >= 15 is 0 Å². The molecule has 4 heteroatoms. The minimum atomic E-state index is -0.593. The van der Waals surface area contributed by atoms with Crippen molar-refractivity contribution in [3.05, 3.63) is 42.0 Å². The van der Waals surface area contributed by atoms with Gasteiger partial charge in [-0.15, -0.1) is 12.4 Å². The van der Waals surface area contributed by atoms with Crippen LogP contribution in [0.3, 0.4) is 0 Å². The third-order valence-electron chi connectivity index (χ3n) is 2.17. The number of rotatable bonds is 4. The first-order valence-corrected chi connectivity index (χ1v) is 4.72. The van der Waals surface area contributed by atoms with Crippen molar-refractivity contribution in [1.29, 1.82) is 0 Å². The molecule has 16 heavy (non-hydrogen) atoms.